The van der Waals surface area contributed by atoms with Crippen molar-refractivity contribution in [3.8, 4) is 5.75 Å². The van der Waals surface area contributed by atoms with E-state index in [4.69, 9.17) is 15.2 Å². The molecule has 1 atom stereocenters. The van der Waals surface area contributed by atoms with Gasteiger partial charge in [0.15, 0.2) is 6.61 Å². The van der Waals surface area contributed by atoms with Gasteiger partial charge in [0, 0.05) is 13.1 Å². The van der Waals surface area contributed by atoms with Crippen molar-refractivity contribution in [2.24, 2.45) is 5.73 Å². The second kappa shape index (κ2) is 7.26. The largest absolute Gasteiger partial charge is 0.484 e. The van der Waals surface area contributed by atoms with Crippen LogP contribution >= 0.6 is 0 Å². The lowest BCUT2D eigenvalue weighted by atomic mass is 10.2. The Morgan fingerprint density at radius 2 is 2.20 bits per heavy atom. The molecule has 2 N–H and O–H groups in total. The summed E-state index contributed by atoms with van der Waals surface area (Å²) < 4.78 is 10.9. The van der Waals surface area contributed by atoms with E-state index in [1.54, 1.807) is 0 Å². The Morgan fingerprint density at radius 1 is 1.45 bits per heavy atom. The molecule has 1 heterocycles. The minimum atomic E-state index is 0.0167. The zero-order chi connectivity index (χ0) is 14.4. The Kier molecular flexibility index (Phi) is 5.38. The van der Waals surface area contributed by atoms with Gasteiger partial charge in [-0.1, -0.05) is 19.1 Å². The van der Waals surface area contributed by atoms with Gasteiger partial charge in [-0.15, -0.1) is 0 Å². The maximum atomic E-state index is 12.2. The van der Waals surface area contributed by atoms with Crippen molar-refractivity contribution >= 4 is 5.91 Å². The molecule has 0 spiro atoms. The van der Waals surface area contributed by atoms with Crippen LogP contribution in [0.2, 0.25) is 0 Å². The van der Waals surface area contributed by atoms with Crippen molar-refractivity contribution in [2.45, 2.75) is 25.9 Å². The molecule has 2 rings (SSSR count). The highest BCUT2D eigenvalue weighted by molar-refractivity contribution is 5.78. The van der Waals surface area contributed by atoms with Crippen LogP contribution in [0.25, 0.3) is 0 Å². The summed E-state index contributed by atoms with van der Waals surface area (Å²) in [5, 5.41) is 0. The van der Waals surface area contributed by atoms with Gasteiger partial charge in [0.1, 0.15) is 5.75 Å². The highest BCUT2D eigenvalue weighted by Gasteiger charge is 2.25. The van der Waals surface area contributed by atoms with Crippen molar-refractivity contribution in [2.75, 3.05) is 26.4 Å². The Hall–Kier alpha value is -1.59. The molecule has 1 aromatic carbocycles. The first kappa shape index (κ1) is 14.8. The fourth-order valence-corrected chi connectivity index (χ4v) is 2.27. The lowest BCUT2D eigenvalue weighted by Crippen LogP contribution is -2.49. The third-order valence-electron chi connectivity index (χ3n) is 3.54. The normalized spacial score (nSPS) is 18.9. The zero-order valence-corrected chi connectivity index (χ0v) is 11.9. The summed E-state index contributed by atoms with van der Waals surface area (Å²) in [4.78, 5) is 14.0. The molecule has 110 valence electrons. The van der Waals surface area contributed by atoms with E-state index in [9.17, 15) is 4.79 Å². The van der Waals surface area contributed by atoms with Crippen LogP contribution in [0.4, 0.5) is 0 Å². The van der Waals surface area contributed by atoms with Crippen molar-refractivity contribution in [1.82, 2.24) is 4.90 Å². The minimum Gasteiger partial charge on any atom is -0.484 e. The fraction of sp³-hybridized carbons (Fsp3) is 0.533. The Morgan fingerprint density at radius 3 is 2.85 bits per heavy atom. The third-order valence-corrected chi connectivity index (χ3v) is 3.54. The zero-order valence-electron chi connectivity index (χ0n) is 11.9. The molecule has 1 fully saturated rings. The molecule has 0 radical (unpaired) electrons. The maximum absolute atomic E-state index is 12.2. The number of ether oxygens (including phenoxy) is 2. The van der Waals surface area contributed by atoms with E-state index in [-0.39, 0.29) is 18.6 Å². The summed E-state index contributed by atoms with van der Waals surface area (Å²) in [5.41, 5.74) is 6.58. The number of morpholine rings is 1. The highest BCUT2D eigenvalue weighted by Crippen LogP contribution is 2.14. The van der Waals surface area contributed by atoms with Gasteiger partial charge < -0.3 is 20.1 Å². The predicted octanol–water partition coefficient (Wildman–Crippen LogP) is 1.16. The number of nitrogens with two attached hydrogens (primary N) is 1. The number of nitrogens with zero attached hydrogens (tertiary/aromatic N) is 1. The SMILES string of the molecule is CCC1COCCN1C(=O)COc1ccc(CN)cc1. The molecule has 5 heteroatoms. The van der Waals surface area contributed by atoms with Crippen molar-refractivity contribution in [1.29, 1.82) is 0 Å². The molecule has 1 aromatic rings. The molecule has 1 aliphatic heterocycles. The fourth-order valence-electron chi connectivity index (χ4n) is 2.27. The van der Waals surface area contributed by atoms with Crippen LogP contribution in [0.1, 0.15) is 18.9 Å². The lowest BCUT2D eigenvalue weighted by molar-refractivity contribution is -0.142. The minimum absolute atomic E-state index is 0.0167. The number of carbonyl (C=O) groups excluding carboxylic acids is 1. The quantitative estimate of drug-likeness (QED) is 0.878. The van der Waals surface area contributed by atoms with Gasteiger partial charge in [0.25, 0.3) is 5.91 Å². The van der Waals surface area contributed by atoms with E-state index in [2.05, 4.69) is 6.92 Å². The second-order valence-corrected chi connectivity index (χ2v) is 4.86. The first-order valence-corrected chi connectivity index (χ1v) is 7.03. The number of benzene rings is 1. The second-order valence-electron chi connectivity index (χ2n) is 4.86. The van der Waals surface area contributed by atoms with Crippen LogP contribution < -0.4 is 10.5 Å². The van der Waals surface area contributed by atoms with Crippen molar-refractivity contribution < 1.29 is 14.3 Å². The Balaban J connectivity index is 1.87. The summed E-state index contributed by atoms with van der Waals surface area (Å²) in [6.07, 6.45) is 0.900. The van der Waals surface area contributed by atoms with E-state index in [1.165, 1.54) is 0 Å². The van der Waals surface area contributed by atoms with Crippen LogP contribution in [-0.2, 0) is 16.1 Å². The van der Waals surface area contributed by atoms with Crippen LogP contribution in [0.15, 0.2) is 24.3 Å². The first-order valence-electron chi connectivity index (χ1n) is 7.03. The van der Waals surface area contributed by atoms with Gasteiger partial charge in [-0.05, 0) is 24.1 Å². The summed E-state index contributed by atoms with van der Waals surface area (Å²) in [6.45, 7) is 4.50. The molecule has 1 unspecified atom stereocenters. The highest BCUT2D eigenvalue weighted by atomic mass is 16.5. The molecule has 0 bridgehead atoms. The van der Waals surface area contributed by atoms with Crippen LogP contribution in [0, 0.1) is 0 Å². The topological polar surface area (TPSA) is 64.8 Å². The van der Waals surface area contributed by atoms with E-state index in [0.717, 1.165) is 12.0 Å². The van der Waals surface area contributed by atoms with Gasteiger partial charge in [0.2, 0.25) is 0 Å². The molecule has 1 amide bonds. The molecule has 20 heavy (non-hydrogen) atoms. The van der Waals surface area contributed by atoms with Crippen molar-refractivity contribution in [3.05, 3.63) is 29.8 Å². The summed E-state index contributed by atoms with van der Waals surface area (Å²) in [5.74, 6) is 0.708. The molecule has 0 aliphatic carbocycles. The lowest BCUT2D eigenvalue weighted by Gasteiger charge is -2.35. The average molecular weight is 278 g/mol. The number of rotatable bonds is 5. The molecule has 0 saturated carbocycles. The molecule has 1 saturated heterocycles. The standard InChI is InChI=1S/C15H22N2O3/c1-2-13-10-19-8-7-17(13)15(18)11-20-14-5-3-12(9-16)4-6-14/h3-6,13H,2,7-11,16H2,1H3. The van der Waals surface area contributed by atoms with E-state index in [0.29, 0.717) is 32.1 Å². The average Bonchev–Trinajstić information content (AvgIpc) is 2.53. The number of amides is 1. The van der Waals surface area contributed by atoms with Gasteiger partial charge in [-0.3, -0.25) is 4.79 Å². The number of hydrogen-bond donors (Lipinski definition) is 1. The van der Waals surface area contributed by atoms with Gasteiger partial charge in [0.05, 0.1) is 19.3 Å². The summed E-state index contributed by atoms with van der Waals surface area (Å²) >= 11 is 0. The van der Waals surface area contributed by atoms with Crippen LogP contribution in [0.5, 0.6) is 5.75 Å². The molecule has 5 nitrogen and oxygen atoms in total. The third kappa shape index (κ3) is 3.71. The number of hydrogen-bond acceptors (Lipinski definition) is 4. The van der Waals surface area contributed by atoms with Gasteiger partial charge in [-0.2, -0.15) is 0 Å². The predicted molar refractivity (Wildman–Crippen MR) is 76.4 cm³/mol. The van der Waals surface area contributed by atoms with E-state index < -0.39 is 0 Å². The van der Waals surface area contributed by atoms with Crippen molar-refractivity contribution in [3.63, 3.8) is 0 Å². The number of carbonyl (C=O) groups is 1. The van der Waals surface area contributed by atoms with Crippen LogP contribution in [-0.4, -0.2) is 43.2 Å². The molecular weight excluding hydrogens is 256 g/mol. The molecule has 0 aromatic heterocycles. The summed E-state index contributed by atoms with van der Waals surface area (Å²) in [7, 11) is 0. The van der Waals surface area contributed by atoms with E-state index >= 15 is 0 Å². The summed E-state index contributed by atoms with van der Waals surface area (Å²) in [6, 6.07) is 7.66. The smallest absolute Gasteiger partial charge is 0.260 e. The maximum Gasteiger partial charge on any atom is 0.260 e. The van der Waals surface area contributed by atoms with Gasteiger partial charge >= 0.3 is 0 Å². The first-order chi connectivity index (χ1) is 9.74. The van der Waals surface area contributed by atoms with Crippen LogP contribution in [0.3, 0.4) is 0 Å². The molecular formula is C15H22N2O3. The van der Waals surface area contributed by atoms with Gasteiger partial charge in [-0.25, -0.2) is 0 Å². The monoisotopic (exact) mass is 278 g/mol. The van der Waals surface area contributed by atoms with E-state index in [1.807, 2.05) is 29.2 Å². The Bertz CT molecular complexity index is 433. The molecule has 1 aliphatic rings. The Labute approximate surface area is 119 Å².